The van der Waals surface area contributed by atoms with Crippen LogP contribution in [-0.4, -0.2) is 51.3 Å². The zero-order valence-corrected chi connectivity index (χ0v) is 15.4. The fraction of sp³-hybridized carbons (Fsp3) is 0.579. The number of unbranched alkanes of at least 4 members (excludes halogenated alkanes) is 1. The van der Waals surface area contributed by atoms with Crippen molar-refractivity contribution in [1.29, 1.82) is 0 Å². The second-order valence-corrected chi connectivity index (χ2v) is 5.95. The molecule has 0 unspecified atom stereocenters. The molecule has 6 heteroatoms. The largest absolute Gasteiger partial charge is 0.382 e. The van der Waals surface area contributed by atoms with Crippen molar-refractivity contribution in [3.63, 3.8) is 0 Å². The number of carbonyl (C=O) groups is 1. The first kappa shape index (κ1) is 19.2. The predicted octanol–water partition coefficient (Wildman–Crippen LogP) is 1.95. The summed E-state index contributed by atoms with van der Waals surface area (Å²) in [6.45, 7) is 8.07. The molecule has 0 atom stereocenters. The van der Waals surface area contributed by atoms with Gasteiger partial charge in [-0.15, -0.1) is 0 Å². The van der Waals surface area contributed by atoms with Crippen LogP contribution < -0.4 is 15.5 Å². The number of ether oxygens (including phenoxy) is 1. The van der Waals surface area contributed by atoms with Gasteiger partial charge in [0.1, 0.15) is 6.54 Å². The highest BCUT2D eigenvalue weighted by Gasteiger charge is 2.23. The molecule has 0 fully saturated rings. The van der Waals surface area contributed by atoms with Gasteiger partial charge in [0.05, 0.1) is 0 Å². The summed E-state index contributed by atoms with van der Waals surface area (Å²) in [4.78, 5) is 18.8. The SMILES string of the molecule is CCNC(=NCC(=O)N1CCc2ccccc21)NCCCCOCC. The van der Waals surface area contributed by atoms with E-state index in [0.717, 1.165) is 57.8 Å². The van der Waals surface area contributed by atoms with Gasteiger partial charge in [0.15, 0.2) is 5.96 Å². The Labute approximate surface area is 150 Å². The number of fused-ring (bicyclic) bond motifs is 1. The Balaban J connectivity index is 1.81. The van der Waals surface area contributed by atoms with Gasteiger partial charge in [-0.1, -0.05) is 18.2 Å². The molecule has 1 aliphatic heterocycles. The minimum absolute atomic E-state index is 0.0403. The number of hydrogen-bond donors (Lipinski definition) is 2. The van der Waals surface area contributed by atoms with Crippen molar-refractivity contribution in [1.82, 2.24) is 10.6 Å². The number of benzene rings is 1. The number of nitrogens with zero attached hydrogens (tertiary/aromatic N) is 2. The zero-order chi connectivity index (χ0) is 17.9. The van der Waals surface area contributed by atoms with Gasteiger partial charge in [0, 0.05) is 38.5 Å². The lowest BCUT2D eigenvalue weighted by Crippen LogP contribution is -2.39. The molecule has 0 bridgehead atoms. The minimum atomic E-state index is 0.0403. The Hall–Kier alpha value is -2.08. The molecule has 0 saturated carbocycles. The molecule has 1 heterocycles. The van der Waals surface area contributed by atoms with Gasteiger partial charge in [-0.05, 0) is 44.7 Å². The molecule has 0 aliphatic carbocycles. The van der Waals surface area contributed by atoms with E-state index in [2.05, 4.69) is 21.7 Å². The van der Waals surface area contributed by atoms with Crippen LogP contribution in [0.2, 0.25) is 0 Å². The molecular weight excluding hydrogens is 316 g/mol. The fourth-order valence-electron chi connectivity index (χ4n) is 2.85. The van der Waals surface area contributed by atoms with Crippen LogP contribution in [0.15, 0.2) is 29.3 Å². The van der Waals surface area contributed by atoms with E-state index in [0.29, 0.717) is 5.96 Å². The minimum Gasteiger partial charge on any atom is -0.382 e. The van der Waals surface area contributed by atoms with E-state index in [1.54, 1.807) is 0 Å². The number of hydrogen-bond acceptors (Lipinski definition) is 3. The first-order valence-electron chi connectivity index (χ1n) is 9.24. The second kappa shape index (κ2) is 10.7. The number of rotatable bonds is 9. The molecular formula is C19H30N4O2. The molecule has 138 valence electrons. The number of aliphatic imine (C=N–C) groups is 1. The third kappa shape index (κ3) is 6.05. The first-order chi connectivity index (χ1) is 12.3. The lowest BCUT2D eigenvalue weighted by atomic mass is 10.2. The third-order valence-corrected chi connectivity index (χ3v) is 4.12. The lowest BCUT2D eigenvalue weighted by molar-refractivity contribution is -0.117. The van der Waals surface area contributed by atoms with Gasteiger partial charge >= 0.3 is 0 Å². The topological polar surface area (TPSA) is 66.0 Å². The van der Waals surface area contributed by atoms with Crippen molar-refractivity contribution in [2.24, 2.45) is 4.99 Å². The van der Waals surface area contributed by atoms with E-state index in [1.807, 2.05) is 36.9 Å². The quantitative estimate of drug-likeness (QED) is 0.407. The maximum absolute atomic E-state index is 12.5. The van der Waals surface area contributed by atoms with Crippen molar-refractivity contribution >= 4 is 17.6 Å². The summed E-state index contributed by atoms with van der Waals surface area (Å²) in [7, 11) is 0. The smallest absolute Gasteiger partial charge is 0.248 e. The Morgan fingerprint density at radius 3 is 2.88 bits per heavy atom. The summed E-state index contributed by atoms with van der Waals surface area (Å²) in [6, 6.07) is 8.08. The fourth-order valence-corrected chi connectivity index (χ4v) is 2.85. The molecule has 2 rings (SSSR count). The number of nitrogens with one attached hydrogen (secondary N) is 2. The zero-order valence-electron chi connectivity index (χ0n) is 15.4. The van der Waals surface area contributed by atoms with E-state index < -0.39 is 0 Å². The van der Waals surface area contributed by atoms with E-state index >= 15 is 0 Å². The Bertz CT molecular complexity index is 574. The van der Waals surface area contributed by atoms with Crippen LogP contribution in [0.5, 0.6) is 0 Å². The van der Waals surface area contributed by atoms with Crippen LogP contribution in [0.1, 0.15) is 32.3 Å². The Morgan fingerprint density at radius 2 is 2.08 bits per heavy atom. The third-order valence-electron chi connectivity index (χ3n) is 4.12. The highest BCUT2D eigenvalue weighted by Crippen LogP contribution is 2.27. The monoisotopic (exact) mass is 346 g/mol. The van der Waals surface area contributed by atoms with Gasteiger partial charge in [-0.25, -0.2) is 4.99 Å². The van der Waals surface area contributed by atoms with Crippen LogP contribution in [-0.2, 0) is 16.0 Å². The summed E-state index contributed by atoms with van der Waals surface area (Å²) in [5, 5.41) is 6.46. The number of amides is 1. The highest BCUT2D eigenvalue weighted by atomic mass is 16.5. The van der Waals surface area contributed by atoms with Crippen molar-refractivity contribution in [2.75, 3.05) is 44.3 Å². The number of guanidine groups is 1. The molecule has 25 heavy (non-hydrogen) atoms. The summed E-state index contributed by atoms with van der Waals surface area (Å²) in [5.74, 6) is 0.734. The van der Waals surface area contributed by atoms with Gasteiger partial charge in [-0.3, -0.25) is 4.79 Å². The van der Waals surface area contributed by atoms with Gasteiger partial charge in [0.2, 0.25) is 5.91 Å². The normalized spacial score (nSPS) is 13.7. The molecule has 1 aromatic carbocycles. The summed E-state index contributed by atoms with van der Waals surface area (Å²) < 4.78 is 5.33. The van der Waals surface area contributed by atoms with Crippen molar-refractivity contribution < 1.29 is 9.53 Å². The molecule has 0 spiro atoms. The maximum atomic E-state index is 12.5. The molecule has 0 saturated heterocycles. The first-order valence-corrected chi connectivity index (χ1v) is 9.24. The van der Waals surface area contributed by atoms with E-state index in [1.165, 1.54) is 5.56 Å². The average Bonchev–Trinajstić information content (AvgIpc) is 3.06. The van der Waals surface area contributed by atoms with E-state index in [9.17, 15) is 4.79 Å². The van der Waals surface area contributed by atoms with Crippen LogP contribution in [0.25, 0.3) is 0 Å². The second-order valence-electron chi connectivity index (χ2n) is 5.95. The van der Waals surface area contributed by atoms with Crippen LogP contribution >= 0.6 is 0 Å². The number of anilines is 1. The summed E-state index contributed by atoms with van der Waals surface area (Å²) in [6.07, 6.45) is 2.95. The molecule has 1 amide bonds. The van der Waals surface area contributed by atoms with Crippen LogP contribution in [0, 0.1) is 0 Å². The predicted molar refractivity (Wildman–Crippen MR) is 102 cm³/mol. The molecule has 1 aromatic rings. The Kier molecular flexibility index (Phi) is 8.25. The highest BCUT2D eigenvalue weighted by molar-refractivity contribution is 5.98. The summed E-state index contributed by atoms with van der Waals surface area (Å²) in [5.41, 5.74) is 2.26. The average molecular weight is 346 g/mol. The number of carbonyl (C=O) groups excluding carboxylic acids is 1. The van der Waals surface area contributed by atoms with Gasteiger partial charge < -0.3 is 20.3 Å². The standard InChI is InChI=1S/C19H30N4O2/c1-3-20-19(21-12-7-8-14-25-4-2)22-15-18(24)23-13-11-16-9-5-6-10-17(16)23/h5-6,9-10H,3-4,7-8,11-15H2,1-2H3,(H2,20,21,22). The maximum Gasteiger partial charge on any atom is 0.248 e. The molecule has 0 radical (unpaired) electrons. The molecule has 2 N–H and O–H groups in total. The molecule has 6 nitrogen and oxygen atoms in total. The van der Waals surface area contributed by atoms with Crippen molar-refractivity contribution in [2.45, 2.75) is 33.1 Å². The van der Waals surface area contributed by atoms with Crippen LogP contribution in [0.4, 0.5) is 5.69 Å². The van der Waals surface area contributed by atoms with Crippen LogP contribution in [0.3, 0.4) is 0 Å². The number of para-hydroxylation sites is 1. The summed E-state index contributed by atoms with van der Waals surface area (Å²) >= 11 is 0. The van der Waals surface area contributed by atoms with Gasteiger partial charge in [0.25, 0.3) is 0 Å². The van der Waals surface area contributed by atoms with Crippen molar-refractivity contribution in [3.05, 3.63) is 29.8 Å². The molecule has 1 aliphatic rings. The van der Waals surface area contributed by atoms with E-state index in [4.69, 9.17) is 4.74 Å². The Morgan fingerprint density at radius 1 is 1.24 bits per heavy atom. The van der Waals surface area contributed by atoms with Gasteiger partial charge in [-0.2, -0.15) is 0 Å². The lowest BCUT2D eigenvalue weighted by Gasteiger charge is -2.17. The van der Waals surface area contributed by atoms with E-state index in [-0.39, 0.29) is 12.5 Å². The van der Waals surface area contributed by atoms with Crippen molar-refractivity contribution in [3.8, 4) is 0 Å². The molecule has 0 aromatic heterocycles.